The van der Waals surface area contributed by atoms with E-state index in [-0.39, 0.29) is 6.61 Å². The molecule has 2 N–H and O–H groups in total. The molecule has 0 unspecified atom stereocenters. The van der Waals surface area contributed by atoms with Gasteiger partial charge in [-0.25, -0.2) is 0 Å². The summed E-state index contributed by atoms with van der Waals surface area (Å²) in [7, 11) is 1.88. The van der Waals surface area contributed by atoms with E-state index in [1.165, 1.54) is 0 Å². The van der Waals surface area contributed by atoms with E-state index < -0.39 is 6.10 Å². The molecule has 0 radical (unpaired) electrons. The highest BCUT2D eigenvalue weighted by Crippen LogP contribution is 2.33. The van der Waals surface area contributed by atoms with E-state index in [1.807, 2.05) is 48.3 Å². The zero-order valence-corrected chi connectivity index (χ0v) is 14.9. The Morgan fingerprint density at radius 1 is 1.04 bits per heavy atom. The van der Waals surface area contributed by atoms with Crippen LogP contribution in [0.4, 0.5) is 0 Å². The Kier molecular flexibility index (Phi) is 5.33. The first-order valence-electron chi connectivity index (χ1n) is 7.84. The van der Waals surface area contributed by atoms with Crippen molar-refractivity contribution in [3.63, 3.8) is 0 Å². The van der Waals surface area contributed by atoms with Gasteiger partial charge in [0.05, 0.1) is 19.3 Å². The molecule has 0 spiro atoms. The van der Waals surface area contributed by atoms with Crippen molar-refractivity contribution in [2.24, 2.45) is 0 Å². The minimum atomic E-state index is -0.549. The first-order chi connectivity index (χ1) is 11.5. The molecule has 3 aromatic rings. The van der Waals surface area contributed by atoms with Crippen molar-refractivity contribution >= 4 is 45.0 Å². The predicted molar refractivity (Wildman–Crippen MR) is 100 cm³/mol. The molecule has 1 aromatic heterocycles. The molecule has 1 heterocycles. The molecule has 0 saturated heterocycles. The number of aliphatic hydroxyl groups is 2. The summed E-state index contributed by atoms with van der Waals surface area (Å²) in [6.07, 6.45) is -0.549. The van der Waals surface area contributed by atoms with E-state index >= 15 is 0 Å². The van der Waals surface area contributed by atoms with Crippen molar-refractivity contribution in [1.82, 2.24) is 9.47 Å². The van der Waals surface area contributed by atoms with E-state index in [0.717, 1.165) is 21.8 Å². The topological polar surface area (TPSA) is 48.6 Å². The summed E-state index contributed by atoms with van der Waals surface area (Å²) in [4.78, 5) is 1.91. The number of benzene rings is 2. The predicted octanol–water partition coefficient (Wildman–Crippen LogP) is 3.39. The third-order valence-corrected chi connectivity index (χ3v) is 4.66. The van der Waals surface area contributed by atoms with Gasteiger partial charge >= 0.3 is 0 Å². The molecule has 1 atom stereocenters. The summed E-state index contributed by atoms with van der Waals surface area (Å²) in [5, 5.41) is 22.8. The third kappa shape index (κ3) is 3.53. The van der Waals surface area contributed by atoms with E-state index in [2.05, 4.69) is 4.57 Å². The summed E-state index contributed by atoms with van der Waals surface area (Å²) in [5.41, 5.74) is 2.03. The monoisotopic (exact) mass is 366 g/mol. The van der Waals surface area contributed by atoms with Crippen LogP contribution in [0.3, 0.4) is 0 Å². The maximum Gasteiger partial charge on any atom is 0.0845 e. The molecule has 2 aromatic carbocycles. The van der Waals surface area contributed by atoms with Gasteiger partial charge in [-0.1, -0.05) is 23.2 Å². The number of aromatic nitrogens is 1. The Balaban J connectivity index is 2.02. The fourth-order valence-corrected chi connectivity index (χ4v) is 3.48. The Hall–Kier alpha value is -1.30. The second kappa shape index (κ2) is 7.30. The number of likely N-dealkylation sites (N-methyl/N-ethyl adjacent to an activating group) is 1. The molecule has 0 fully saturated rings. The number of rotatable bonds is 6. The molecular weight excluding hydrogens is 347 g/mol. The number of hydrogen-bond acceptors (Lipinski definition) is 3. The van der Waals surface area contributed by atoms with Gasteiger partial charge in [0.1, 0.15) is 0 Å². The van der Waals surface area contributed by atoms with Gasteiger partial charge in [-0.05, 0) is 43.4 Å². The molecule has 6 heteroatoms. The molecule has 0 aliphatic rings. The molecule has 4 nitrogen and oxygen atoms in total. The lowest BCUT2D eigenvalue weighted by molar-refractivity contribution is 0.102. The van der Waals surface area contributed by atoms with Crippen LogP contribution in [-0.2, 0) is 6.54 Å². The van der Waals surface area contributed by atoms with Crippen LogP contribution < -0.4 is 0 Å². The van der Waals surface area contributed by atoms with Gasteiger partial charge < -0.3 is 19.7 Å². The van der Waals surface area contributed by atoms with Gasteiger partial charge in [0.2, 0.25) is 0 Å². The van der Waals surface area contributed by atoms with Crippen molar-refractivity contribution in [3.05, 3.63) is 46.4 Å². The lowest BCUT2D eigenvalue weighted by atomic mass is 10.1. The van der Waals surface area contributed by atoms with Gasteiger partial charge in [-0.3, -0.25) is 0 Å². The van der Waals surface area contributed by atoms with Gasteiger partial charge in [-0.15, -0.1) is 0 Å². The molecule has 24 heavy (non-hydrogen) atoms. The van der Waals surface area contributed by atoms with Crippen LogP contribution in [0.1, 0.15) is 0 Å². The normalized spacial score (nSPS) is 13.2. The summed E-state index contributed by atoms with van der Waals surface area (Å²) in [6, 6.07) is 11.5. The highest BCUT2D eigenvalue weighted by molar-refractivity contribution is 6.33. The maximum absolute atomic E-state index is 10.4. The van der Waals surface area contributed by atoms with Crippen LogP contribution in [0.2, 0.25) is 10.0 Å². The van der Waals surface area contributed by atoms with Crippen molar-refractivity contribution in [3.8, 4) is 0 Å². The molecule has 0 bridgehead atoms. The van der Waals surface area contributed by atoms with Crippen LogP contribution in [-0.4, -0.2) is 52.5 Å². The van der Waals surface area contributed by atoms with Crippen LogP contribution in [0.15, 0.2) is 36.4 Å². The zero-order chi connectivity index (χ0) is 17.3. The Labute approximate surface area is 150 Å². The van der Waals surface area contributed by atoms with Gasteiger partial charge in [-0.2, -0.15) is 0 Å². The molecule has 0 amide bonds. The fourth-order valence-electron chi connectivity index (χ4n) is 3.14. The number of nitrogens with zero attached hydrogens (tertiary/aromatic N) is 2. The van der Waals surface area contributed by atoms with E-state index in [4.69, 9.17) is 28.3 Å². The average molecular weight is 367 g/mol. The first-order valence-corrected chi connectivity index (χ1v) is 8.59. The smallest absolute Gasteiger partial charge is 0.0845 e. The average Bonchev–Trinajstić information content (AvgIpc) is 2.80. The zero-order valence-electron chi connectivity index (χ0n) is 13.4. The Morgan fingerprint density at radius 3 is 2.08 bits per heavy atom. The van der Waals surface area contributed by atoms with Crippen LogP contribution >= 0.6 is 23.2 Å². The maximum atomic E-state index is 10.4. The van der Waals surface area contributed by atoms with E-state index in [1.54, 1.807) is 0 Å². The van der Waals surface area contributed by atoms with Gasteiger partial charge in [0.25, 0.3) is 0 Å². The standard InChI is InChI=1S/C18H20Cl2N2O2/c1-21(6-7-23)10-14(24)11-22-17-4-2-12(19)8-15(17)16-9-13(20)3-5-18(16)22/h2-5,8-9,14,23-24H,6-7,10-11H2,1H3/t14-/m1/s1. The van der Waals surface area contributed by atoms with Gasteiger partial charge in [0.15, 0.2) is 0 Å². The summed E-state index contributed by atoms with van der Waals surface area (Å²) in [6.45, 7) is 1.56. The quantitative estimate of drug-likeness (QED) is 0.702. The molecular formula is C18H20Cl2N2O2. The minimum Gasteiger partial charge on any atom is -0.395 e. The molecule has 0 saturated carbocycles. The van der Waals surface area contributed by atoms with Crippen molar-refractivity contribution in [2.75, 3.05) is 26.7 Å². The second-order valence-electron chi connectivity index (χ2n) is 6.07. The molecule has 3 rings (SSSR count). The Morgan fingerprint density at radius 2 is 1.58 bits per heavy atom. The summed E-state index contributed by atoms with van der Waals surface area (Å²) >= 11 is 12.3. The molecule has 0 aliphatic carbocycles. The van der Waals surface area contributed by atoms with Crippen molar-refractivity contribution in [2.45, 2.75) is 12.6 Å². The lowest BCUT2D eigenvalue weighted by Gasteiger charge is -2.20. The van der Waals surface area contributed by atoms with Crippen LogP contribution in [0.25, 0.3) is 21.8 Å². The Bertz CT molecular complexity index is 804. The summed E-state index contributed by atoms with van der Waals surface area (Å²) < 4.78 is 2.09. The molecule has 0 aliphatic heterocycles. The lowest BCUT2D eigenvalue weighted by Crippen LogP contribution is -2.33. The van der Waals surface area contributed by atoms with Crippen LogP contribution in [0.5, 0.6) is 0 Å². The molecule has 128 valence electrons. The number of halogens is 2. The van der Waals surface area contributed by atoms with E-state index in [0.29, 0.717) is 29.7 Å². The second-order valence-corrected chi connectivity index (χ2v) is 6.95. The highest BCUT2D eigenvalue weighted by Gasteiger charge is 2.15. The number of fused-ring (bicyclic) bond motifs is 3. The number of aliphatic hydroxyl groups excluding tert-OH is 2. The fraction of sp³-hybridized carbons (Fsp3) is 0.333. The highest BCUT2D eigenvalue weighted by atomic mass is 35.5. The summed E-state index contributed by atoms with van der Waals surface area (Å²) in [5.74, 6) is 0. The van der Waals surface area contributed by atoms with Crippen molar-refractivity contribution < 1.29 is 10.2 Å². The third-order valence-electron chi connectivity index (χ3n) is 4.19. The van der Waals surface area contributed by atoms with Crippen LogP contribution in [0, 0.1) is 0 Å². The number of hydrogen-bond donors (Lipinski definition) is 2. The first kappa shape index (κ1) is 17.5. The van der Waals surface area contributed by atoms with E-state index in [9.17, 15) is 5.11 Å². The minimum absolute atomic E-state index is 0.0790. The van der Waals surface area contributed by atoms with Gasteiger partial charge in [0, 0.05) is 44.9 Å². The SMILES string of the molecule is CN(CCO)C[C@@H](O)Cn1c2ccc(Cl)cc2c2cc(Cl)ccc21. The van der Waals surface area contributed by atoms with Crippen molar-refractivity contribution in [1.29, 1.82) is 0 Å². The largest absolute Gasteiger partial charge is 0.395 e.